The Kier molecular flexibility index (Phi) is 7.71. The van der Waals surface area contributed by atoms with Gasteiger partial charge in [0.05, 0.1) is 11.4 Å². The summed E-state index contributed by atoms with van der Waals surface area (Å²) in [7, 11) is 0. The Balaban J connectivity index is 1.14. The Hall–Kier alpha value is -6.68. The van der Waals surface area contributed by atoms with E-state index in [0.29, 0.717) is 5.82 Å². The third-order valence-electron chi connectivity index (χ3n) is 10.1. The van der Waals surface area contributed by atoms with E-state index in [1.165, 1.54) is 53.2 Å². The molecule has 2 nitrogen and oxygen atoms in total. The summed E-state index contributed by atoms with van der Waals surface area (Å²) in [5.74, 6) is 0.699. The molecule has 0 bridgehead atoms. The summed E-state index contributed by atoms with van der Waals surface area (Å²) in [6.45, 7) is 0. The van der Waals surface area contributed by atoms with Gasteiger partial charge in [0.2, 0.25) is 0 Å². The number of thiophene rings is 1. The molecule has 0 saturated carbocycles. The molecule has 0 aliphatic carbocycles. The van der Waals surface area contributed by atoms with Crippen molar-refractivity contribution in [3.05, 3.63) is 194 Å². The molecule has 0 spiro atoms. The molecular weight excluding hydrogens is 661 g/mol. The van der Waals surface area contributed by atoms with E-state index in [9.17, 15) is 0 Å². The zero-order valence-electron chi connectivity index (χ0n) is 28.8. The van der Waals surface area contributed by atoms with Gasteiger partial charge < -0.3 is 0 Å². The van der Waals surface area contributed by atoms with Gasteiger partial charge in [-0.05, 0) is 80.6 Å². The first kappa shape index (κ1) is 31.1. The molecule has 0 radical (unpaired) electrons. The van der Waals surface area contributed by atoms with Gasteiger partial charge in [0, 0.05) is 36.9 Å². The molecule has 10 aromatic rings. The van der Waals surface area contributed by atoms with E-state index in [0.717, 1.165) is 39.2 Å². The second-order valence-electron chi connectivity index (χ2n) is 13.4. The number of benzene rings is 8. The van der Waals surface area contributed by atoms with Crippen molar-refractivity contribution in [3.63, 3.8) is 0 Å². The predicted molar refractivity (Wildman–Crippen MR) is 225 cm³/mol. The number of rotatable bonds is 6. The van der Waals surface area contributed by atoms with Crippen molar-refractivity contribution in [2.24, 2.45) is 0 Å². The Morgan fingerprint density at radius 2 is 0.906 bits per heavy atom. The van der Waals surface area contributed by atoms with Crippen LogP contribution >= 0.6 is 11.3 Å². The lowest BCUT2D eigenvalue weighted by atomic mass is 9.94. The molecule has 53 heavy (non-hydrogen) atoms. The first-order valence-electron chi connectivity index (χ1n) is 17.9. The lowest BCUT2D eigenvalue weighted by Crippen LogP contribution is -1.96. The Bertz CT molecular complexity index is 2930. The van der Waals surface area contributed by atoms with Crippen LogP contribution in [0.25, 0.3) is 98.2 Å². The molecule has 0 aliphatic rings. The summed E-state index contributed by atoms with van der Waals surface area (Å²) in [4.78, 5) is 10.5. The largest absolute Gasteiger partial charge is 0.228 e. The van der Waals surface area contributed by atoms with Crippen LogP contribution in [0.3, 0.4) is 0 Å². The Morgan fingerprint density at radius 1 is 0.321 bits per heavy atom. The molecule has 10 rings (SSSR count). The number of aromatic nitrogens is 2. The van der Waals surface area contributed by atoms with Gasteiger partial charge in [0.15, 0.2) is 5.82 Å². The highest BCUT2D eigenvalue weighted by atomic mass is 32.1. The van der Waals surface area contributed by atoms with E-state index in [2.05, 4.69) is 188 Å². The van der Waals surface area contributed by atoms with Gasteiger partial charge in [-0.25, -0.2) is 9.97 Å². The highest BCUT2D eigenvalue weighted by Gasteiger charge is 2.16. The lowest BCUT2D eigenvalue weighted by molar-refractivity contribution is 1.18. The lowest BCUT2D eigenvalue weighted by Gasteiger charge is -2.14. The molecule has 0 unspecified atom stereocenters. The standard InChI is InChI=1S/C50H32N2S/c1-3-12-33(13-4-1)40-29-41(43-19-11-20-45-44-18-9-10-21-48(44)53-49(43)45)31-42(30-40)47-32-46(36-15-5-2-6-16-36)51-50(52-47)37-25-22-35(23-26-37)39-27-24-34-14-7-8-17-38(34)28-39/h1-32H. The summed E-state index contributed by atoms with van der Waals surface area (Å²) in [6, 6.07) is 69.2. The zero-order chi connectivity index (χ0) is 35.1. The van der Waals surface area contributed by atoms with Crippen molar-refractivity contribution < 1.29 is 0 Å². The maximum Gasteiger partial charge on any atom is 0.160 e. The van der Waals surface area contributed by atoms with Crippen molar-refractivity contribution in [2.75, 3.05) is 0 Å². The number of hydrogen-bond donors (Lipinski definition) is 0. The molecule has 248 valence electrons. The van der Waals surface area contributed by atoms with Crippen LogP contribution in [0.1, 0.15) is 0 Å². The van der Waals surface area contributed by atoms with Crippen molar-refractivity contribution >= 4 is 42.3 Å². The van der Waals surface area contributed by atoms with Gasteiger partial charge in [0.25, 0.3) is 0 Å². The Labute approximate surface area is 312 Å². The van der Waals surface area contributed by atoms with Gasteiger partial charge in [0.1, 0.15) is 0 Å². The summed E-state index contributed by atoms with van der Waals surface area (Å²) in [5.41, 5.74) is 11.9. The second kappa shape index (κ2) is 13.1. The second-order valence-corrected chi connectivity index (χ2v) is 14.5. The van der Waals surface area contributed by atoms with Crippen molar-refractivity contribution in [2.45, 2.75) is 0 Å². The number of hydrogen-bond acceptors (Lipinski definition) is 3. The molecule has 0 saturated heterocycles. The Morgan fingerprint density at radius 3 is 1.72 bits per heavy atom. The maximum atomic E-state index is 5.30. The number of nitrogens with zero attached hydrogens (tertiary/aromatic N) is 2. The first-order valence-corrected chi connectivity index (χ1v) is 18.7. The van der Waals surface area contributed by atoms with E-state index in [4.69, 9.17) is 9.97 Å². The maximum absolute atomic E-state index is 5.30. The first-order chi connectivity index (χ1) is 26.2. The van der Waals surface area contributed by atoms with Crippen LogP contribution in [0.15, 0.2) is 194 Å². The molecule has 0 aliphatic heterocycles. The molecule has 3 heteroatoms. The summed E-state index contributed by atoms with van der Waals surface area (Å²) in [6.07, 6.45) is 0. The van der Waals surface area contributed by atoms with Crippen LogP contribution in [0.5, 0.6) is 0 Å². The van der Waals surface area contributed by atoms with Crippen LogP contribution in [0.4, 0.5) is 0 Å². The third kappa shape index (κ3) is 5.87. The van der Waals surface area contributed by atoms with Crippen LogP contribution in [0.2, 0.25) is 0 Å². The molecule has 0 fully saturated rings. The fraction of sp³-hybridized carbons (Fsp3) is 0. The van der Waals surface area contributed by atoms with Gasteiger partial charge in [-0.15, -0.1) is 11.3 Å². The minimum atomic E-state index is 0.699. The monoisotopic (exact) mass is 692 g/mol. The topological polar surface area (TPSA) is 25.8 Å². The van der Waals surface area contributed by atoms with Crippen LogP contribution in [-0.2, 0) is 0 Å². The molecule has 0 amide bonds. The average molecular weight is 693 g/mol. The zero-order valence-corrected chi connectivity index (χ0v) is 29.6. The molecule has 2 heterocycles. The molecule has 0 N–H and O–H groups in total. The molecule has 2 aromatic heterocycles. The van der Waals surface area contributed by atoms with E-state index >= 15 is 0 Å². The average Bonchev–Trinajstić information content (AvgIpc) is 3.63. The molecular formula is C50H32N2S. The van der Waals surface area contributed by atoms with E-state index in [-0.39, 0.29) is 0 Å². The highest BCUT2D eigenvalue weighted by Crippen LogP contribution is 2.42. The minimum Gasteiger partial charge on any atom is -0.228 e. The quantitative estimate of drug-likeness (QED) is 0.173. The van der Waals surface area contributed by atoms with Crippen molar-refractivity contribution in [1.29, 1.82) is 0 Å². The third-order valence-corrected chi connectivity index (χ3v) is 11.3. The van der Waals surface area contributed by atoms with E-state index in [1.807, 2.05) is 17.4 Å². The van der Waals surface area contributed by atoms with Crippen molar-refractivity contribution in [1.82, 2.24) is 9.97 Å². The molecule has 0 atom stereocenters. The fourth-order valence-electron chi connectivity index (χ4n) is 7.36. The van der Waals surface area contributed by atoms with Crippen LogP contribution < -0.4 is 0 Å². The SMILES string of the molecule is c1ccc(-c2cc(-c3cc(-c4ccccc4)nc(-c4ccc(-c5ccc6ccccc6c5)cc4)n3)cc(-c3cccc4c3sc3ccccc34)c2)cc1. The van der Waals surface area contributed by atoms with Gasteiger partial charge in [-0.1, -0.05) is 158 Å². The van der Waals surface area contributed by atoms with Crippen LogP contribution in [0, 0.1) is 0 Å². The number of fused-ring (bicyclic) bond motifs is 4. The van der Waals surface area contributed by atoms with Crippen molar-refractivity contribution in [3.8, 4) is 67.3 Å². The normalized spacial score (nSPS) is 11.4. The molecule has 8 aromatic carbocycles. The smallest absolute Gasteiger partial charge is 0.160 e. The summed E-state index contributed by atoms with van der Waals surface area (Å²) in [5, 5.41) is 5.07. The van der Waals surface area contributed by atoms with Gasteiger partial charge in [-0.3, -0.25) is 0 Å². The summed E-state index contributed by atoms with van der Waals surface area (Å²) >= 11 is 1.86. The minimum absolute atomic E-state index is 0.699. The highest BCUT2D eigenvalue weighted by molar-refractivity contribution is 7.26. The summed E-state index contributed by atoms with van der Waals surface area (Å²) < 4.78 is 2.60. The van der Waals surface area contributed by atoms with Gasteiger partial charge in [-0.2, -0.15) is 0 Å². The predicted octanol–water partition coefficient (Wildman–Crippen LogP) is 14.0. The fourth-order valence-corrected chi connectivity index (χ4v) is 8.60. The van der Waals surface area contributed by atoms with E-state index < -0.39 is 0 Å². The van der Waals surface area contributed by atoms with E-state index in [1.54, 1.807) is 0 Å². The van der Waals surface area contributed by atoms with Crippen LogP contribution in [-0.4, -0.2) is 9.97 Å². The van der Waals surface area contributed by atoms with Gasteiger partial charge >= 0.3 is 0 Å².